The number of rotatable bonds is 5. The number of carbonyl (C=O) groups is 1. The van der Waals surface area contributed by atoms with Crippen LogP contribution in [0.15, 0.2) is 18.2 Å². The van der Waals surface area contributed by atoms with E-state index in [1.54, 1.807) is 6.07 Å². The zero-order valence-electron chi connectivity index (χ0n) is 10.7. The molecule has 7 heteroatoms. The van der Waals surface area contributed by atoms with Crippen LogP contribution in [-0.4, -0.2) is 29.0 Å². The number of halogens is 2. The third kappa shape index (κ3) is 5.03. The Kier molecular flexibility index (Phi) is 6.14. The minimum atomic E-state index is -1.62. The molecule has 0 spiro atoms. The molecule has 0 heterocycles. The molecule has 0 bridgehead atoms. The van der Waals surface area contributed by atoms with E-state index in [4.69, 9.17) is 23.2 Å². The molecule has 1 aromatic rings. The number of benzene rings is 1. The van der Waals surface area contributed by atoms with Gasteiger partial charge in [-0.1, -0.05) is 37.0 Å². The molecule has 19 heavy (non-hydrogen) atoms. The van der Waals surface area contributed by atoms with Gasteiger partial charge in [0, 0.05) is 5.02 Å². The van der Waals surface area contributed by atoms with Crippen molar-refractivity contribution in [1.29, 1.82) is 0 Å². The molecule has 0 aromatic heterocycles. The average molecular weight is 304 g/mol. The number of hydrogen-bond acceptors (Lipinski definition) is 3. The fourth-order valence-electron chi connectivity index (χ4n) is 1.68. The molecule has 4 nitrogen and oxygen atoms in total. The Hall–Kier alpha value is -0.745. The van der Waals surface area contributed by atoms with Gasteiger partial charge in [-0.2, -0.15) is 0 Å². The summed E-state index contributed by atoms with van der Waals surface area (Å²) in [5.74, 6) is -1.02. The zero-order valence-corrected chi connectivity index (χ0v) is 12.2. The second-order valence-electron chi connectivity index (χ2n) is 4.75. The highest BCUT2D eigenvalue weighted by Gasteiger charge is 2.27. The second kappa shape index (κ2) is 7.15. The highest BCUT2D eigenvalue weighted by atomic mass is 35.5. The summed E-state index contributed by atoms with van der Waals surface area (Å²) in [7, 11) is -1.62. The van der Waals surface area contributed by atoms with Gasteiger partial charge in [-0.25, -0.2) is 0 Å². The summed E-state index contributed by atoms with van der Waals surface area (Å²) in [6.07, 6.45) is 0.446. The van der Waals surface area contributed by atoms with E-state index in [-0.39, 0.29) is 16.5 Å². The van der Waals surface area contributed by atoms with Gasteiger partial charge in [-0.3, -0.25) is 4.79 Å². The first kappa shape index (κ1) is 16.3. The molecule has 1 rings (SSSR count). The summed E-state index contributed by atoms with van der Waals surface area (Å²) < 4.78 is 0. The third-order valence-electron chi connectivity index (χ3n) is 2.57. The maximum absolute atomic E-state index is 12.0. The highest BCUT2D eigenvalue weighted by Crippen LogP contribution is 2.21. The first-order chi connectivity index (χ1) is 8.81. The number of nitrogens with one attached hydrogen (secondary N) is 1. The summed E-state index contributed by atoms with van der Waals surface area (Å²) in [5, 5.41) is 21.7. The monoisotopic (exact) mass is 303 g/mol. The van der Waals surface area contributed by atoms with Gasteiger partial charge in [0.2, 0.25) is 0 Å². The topological polar surface area (TPSA) is 69.6 Å². The van der Waals surface area contributed by atoms with Crippen molar-refractivity contribution in [3.8, 4) is 0 Å². The van der Waals surface area contributed by atoms with Gasteiger partial charge < -0.3 is 15.4 Å². The van der Waals surface area contributed by atoms with Crippen LogP contribution in [0.1, 0.15) is 30.6 Å². The summed E-state index contributed by atoms with van der Waals surface area (Å²) in [6.45, 7) is 3.85. The van der Waals surface area contributed by atoms with Crippen molar-refractivity contribution in [2.45, 2.75) is 26.2 Å². The van der Waals surface area contributed by atoms with Crippen molar-refractivity contribution in [2.75, 3.05) is 0 Å². The predicted octanol–water partition coefficient (Wildman–Crippen LogP) is 2.15. The third-order valence-corrected chi connectivity index (χ3v) is 3.14. The van der Waals surface area contributed by atoms with Crippen LogP contribution in [0.5, 0.6) is 0 Å². The molecule has 104 valence electrons. The Balaban J connectivity index is 2.84. The van der Waals surface area contributed by atoms with E-state index in [9.17, 15) is 14.8 Å². The normalized spacial score (nSPS) is 12.4. The second-order valence-corrected chi connectivity index (χ2v) is 5.59. The molecule has 3 N–H and O–H groups in total. The molecular weight excluding hydrogens is 288 g/mol. The standard InChI is InChI=1S/C12H16BCl2NO3/c1-7(2)5-11(13(18)19)16-12(17)9-6-8(14)3-4-10(9)15/h3-4,6-7,11,18-19H,5H2,1-2H3,(H,16,17). The van der Waals surface area contributed by atoms with Gasteiger partial charge in [0.25, 0.3) is 5.91 Å². The minimum absolute atomic E-state index is 0.210. The van der Waals surface area contributed by atoms with Crippen LogP contribution in [0.2, 0.25) is 10.0 Å². The largest absolute Gasteiger partial charge is 0.475 e. The van der Waals surface area contributed by atoms with Crippen molar-refractivity contribution >= 4 is 36.2 Å². The van der Waals surface area contributed by atoms with Gasteiger partial charge in [0.1, 0.15) is 0 Å². The fraction of sp³-hybridized carbons (Fsp3) is 0.417. The molecule has 0 fully saturated rings. The Morgan fingerprint density at radius 1 is 1.37 bits per heavy atom. The van der Waals surface area contributed by atoms with Crippen LogP contribution in [0.25, 0.3) is 0 Å². The van der Waals surface area contributed by atoms with Gasteiger partial charge in [-0.15, -0.1) is 0 Å². The molecule has 1 atom stereocenters. The highest BCUT2D eigenvalue weighted by molar-refractivity contribution is 6.44. The lowest BCUT2D eigenvalue weighted by molar-refractivity contribution is 0.0938. The summed E-state index contributed by atoms with van der Waals surface area (Å²) in [6, 6.07) is 4.54. The quantitative estimate of drug-likeness (QED) is 0.730. The molecular formula is C12H16BCl2NO3. The Morgan fingerprint density at radius 2 is 2.00 bits per heavy atom. The SMILES string of the molecule is CC(C)CC(NC(=O)c1cc(Cl)ccc1Cl)B(O)O. The fourth-order valence-corrected chi connectivity index (χ4v) is 2.06. The van der Waals surface area contributed by atoms with E-state index in [0.29, 0.717) is 11.4 Å². The van der Waals surface area contributed by atoms with Crippen LogP contribution in [0.4, 0.5) is 0 Å². The van der Waals surface area contributed by atoms with E-state index in [0.717, 1.165) is 0 Å². The van der Waals surface area contributed by atoms with Gasteiger partial charge >= 0.3 is 7.12 Å². The van der Waals surface area contributed by atoms with E-state index < -0.39 is 19.0 Å². The average Bonchev–Trinajstić information content (AvgIpc) is 2.30. The first-order valence-electron chi connectivity index (χ1n) is 5.93. The van der Waals surface area contributed by atoms with Crippen LogP contribution < -0.4 is 5.32 Å². The molecule has 1 unspecified atom stereocenters. The van der Waals surface area contributed by atoms with Crippen molar-refractivity contribution in [1.82, 2.24) is 5.32 Å². The molecule has 0 aliphatic heterocycles. The van der Waals surface area contributed by atoms with Gasteiger partial charge in [0.05, 0.1) is 16.5 Å². The van der Waals surface area contributed by atoms with Crippen LogP contribution in [-0.2, 0) is 0 Å². The summed E-state index contributed by atoms with van der Waals surface area (Å²) >= 11 is 11.7. The summed E-state index contributed by atoms with van der Waals surface area (Å²) in [4.78, 5) is 12.0. The maximum atomic E-state index is 12.0. The Bertz CT molecular complexity index is 455. The lowest BCUT2D eigenvalue weighted by Gasteiger charge is -2.20. The predicted molar refractivity (Wildman–Crippen MR) is 77.4 cm³/mol. The number of amides is 1. The Morgan fingerprint density at radius 3 is 2.53 bits per heavy atom. The lowest BCUT2D eigenvalue weighted by atomic mass is 9.75. The van der Waals surface area contributed by atoms with Crippen molar-refractivity contribution in [3.05, 3.63) is 33.8 Å². The number of hydrogen-bond donors (Lipinski definition) is 3. The lowest BCUT2D eigenvalue weighted by Crippen LogP contribution is -2.47. The molecule has 0 aliphatic carbocycles. The Labute approximate surface area is 122 Å². The number of carbonyl (C=O) groups excluding carboxylic acids is 1. The maximum Gasteiger partial charge on any atom is 0.475 e. The minimum Gasteiger partial charge on any atom is -0.426 e. The molecule has 0 saturated heterocycles. The van der Waals surface area contributed by atoms with Crippen molar-refractivity contribution in [2.24, 2.45) is 5.92 Å². The molecule has 0 radical (unpaired) electrons. The van der Waals surface area contributed by atoms with Gasteiger partial charge in [0.15, 0.2) is 0 Å². The van der Waals surface area contributed by atoms with Crippen LogP contribution in [0, 0.1) is 5.92 Å². The molecule has 0 saturated carbocycles. The summed E-state index contributed by atoms with van der Waals surface area (Å²) in [5.41, 5.74) is 0.212. The first-order valence-corrected chi connectivity index (χ1v) is 6.69. The van der Waals surface area contributed by atoms with E-state index in [1.165, 1.54) is 12.1 Å². The molecule has 1 amide bonds. The molecule has 1 aromatic carbocycles. The van der Waals surface area contributed by atoms with Crippen LogP contribution >= 0.6 is 23.2 Å². The zero-order chi connectivity index (χ0) is 14.6. The van der Waals surface area contributed by atoms with E-state index >= 15 is 0 Å². The van der Waals surface area contributed by atoms with Crippen molar-refractivity contribution in [3.63, 3.8) is 0 Å². The van der Waals surface area contributed by atoms with E-state index in [1.807, 2.05) is 13.8 Å². The smallest absolute Gasteiger partial charge is 0.426 e. The van der Waals surface area contributed by atoms with E-state index in [2.05, 4.69) is 5.32 Å². The van der Waals surface area contributed by atoms with Gasteiger partial charge in [-0.05, 0) is 30.5 Å². The van der Waals surface area contributed by atoms with Crippen LogP contribution in [0.3, 0.4) is 0 Å². The van der Waals surface area contributed by atoms with Crippen molar-refractivity contribution < 1.29 is 14.8 Å². The molecule has 0 aliphatic rings.